The number of aromatic nitrogens is 2. The molecular formula is C28H29BN2O2. The van der Waals surface area contributed by atoms with Gasteiger partial charge in [0.15, 0.2) is 0 Å². The monoisotopic (exact) mass is 438 g/mol. The van der Waals surface area contributed by atoms with Gasteiger partial charge < -0.3 is 9.31 Å². The van der Waals surface area contributed by atoms with Crippen molar-refractivity contribution in [2.45, 2.75) is 44.4 Å². The van der Waals surface area contributed by atoms with Gasteiger partial charge in [-0.3, -0.25) is 4.68 Å². The molecule has 1 aliphatic rings. The average Bonchev–Trinajstić information content (AvgIpc) is 3.27. The van der Waals surface area contributed by atoms with E-state index in [-0.39, 0.29) is 12.2 Å². The summed E-state index contributed by atoms with van der Waals surface area (Å²) in [5, 5.41) is 4.92. The lowest BCUT2D eigenvalue weighted by Crippen LogP contribution is -2.41. The van der Waals surface area contributed by atoms with Gasteiger partial charge in [-0.05, 0) is 50.4 Å². The van der Waals surface area contributed by atoms with Gasteiger partial charge in [-0.2, -0.15) is 5.10 Å². The molecule has 0 bridgehead atoms. The molecule has 0 spiro atoms. The second-order valence-electron chi connectivity index (χ2n) is 9.43. The van der Waals surface area contributed by atoms with Crippen LogP contribution in [0.4, 0.5) is 0 Å². The maximum Gasteiger partial charge on any atom is 0.516 e. The van der Waals surface area contributed by atoms with E-state index in [4.69, 9.17) is 17.1 Å². The Morgan fingerprint density at radius 1 is 0.727 bits per heavy atom. The quantitative estimate of drug-likeness (QED) is 0.324. The molecule has 3 aromatic carbocycles. The Kier molecular flexibility index (Phi) is 4.70. The Bertz CT molecular complexity index is 1210. The number of benzene rings is 3. The van der Waals surface area contributed by atoms with Crippen LogP contribution in [0.3, 0.4) is 0 Å². The van der Waals surface area contributed by atoms with Crippen molar-refractivity contribution in [3.8, 4) is 0 Å². The summed E-state index contributed by atoms with van der Waals surface area (Å²) in [6.45, 7) is 7.88. The van der Waals surface area contributed by atoms with Gasteiger partial charge in [-0.1, -0.05) is 91.0 Å². The summed E-state index contributed by atoms with van der Waals surface area (Å²) < 4.78 is 32.1. The third kappa shape index (κ3) is 3.52. The van der Waals surface area contributed by atoms with E-state index in [9.17, 15) is 0 Å². The number of rotatable bonds is 5. The maximum absolute atomic E-state index is 9.08. The molecule has 33 heavy (non-hydrogen) atoms. The molecule has 5 heteroatoms. The van der Waals surface area contributed by atoms with Crippen LogP contribution in [0.15, 0.2) is 103 Å². The highest BCUT2D eigenvalue weighted by Crippen LogP contribution is 2.40. The van der Waals surface area contributed by atoms with E-state index in [1.807, 2.05) is 119 Å². The zero-order valence-corrected chi connectivity index (χ0v) is 19.4. The predicted molar refractivity (Wildman–Crippen MR) is 133 cm³/mol. The Hall–Kier alpha value is -3.15. The average molecular weight is 438 g/mol. The molecule has 4 nitrogen and oxygen atoms in total. The first-order chi connectivity index (χ1) is 16.7. The lowest BCUT2D eigenvalue weighted by atomic mass is 9.77. The Morgan fingerprint density at radius 3 is 1.52 bits per heavy atom. The van der Waals surface area contributed by atoms with Crippen LogP contribution in [0, 0.1) is 0 Å². The minimum Gasteiger partial charge on any atom is -0.398 e. The first-order valence-corrected chi connectivity index (χ1v) is 11.3. The third-order valence-electron chi connectivity index (χ3n) is 6.87. The summed E-state index contributed by atoms with van der Waals surface area (Å²) >= 11 is 0. The molecule has 166 valence electrons. The zero-order chi connectivity index (χ0) is 24.8. The second-order valence-corrected chi connectivity index (χ2v) is 9.43. The highest BCUT2D eigenvalue weighted by molar-refractivity contribution is 6.61. The summed E-state index contributed by atoms with van der Waals surface area (Å²) in [7, 11) is -0.835. The van der Waals surface area contributed by atoms with Gasteiger partial charge in [0.05, 0.1) is 19.5 Å². The van der Waals surface area contributed by atoms with Gasteiger partial charge in [0.25, 0.3) is 0 Å². The predicted octanol–water partition coefficient (Wildman–Crippen LogP) is 5.02. The molecule has 0 radical (unpaired) electrons. The lowest BCUT2D eigenvalue weighted by Gasteiger charge is -2.36. The van der Waals surface area contributed by atoms with Crippen molar-refractivity contribution in [3.63, 3.8) is 0 Å². The number of hydrogen-bond acceptors (Lipinski definition) is 3. The summed E-state index contributed by atoms with van der Waals surface area (Å²) in [6.07, 6.45) is -0.00808. The normalized spacial score (nSPS) is 18.1. The largest absolute Gasteiger partial charge is 0.516 e. The lowest BCUT2D eigenvalue weighted by molar-refractivity contribution is 0.00578. The highest BCUT2D eigenvalue weighted by atomic mass is 16.7. The van der Waals surface area contributed by atoms with Crippen LogP contribution in [0.25, 0.3) is 0 Å². The van der Waals surface area contributed by atoms with Gasteiger partial charge in [0.1, 0.15) is 5.54 Å². The van der Waals surface area contributed by atoms with Crippen molar-refractivity contribution in [2.75, 3.05) is 0 Å². The molecule has 4 aromatic rings. The van der Waals surface area contributed by atoms with E-state index in [1.54, 1.807) is 4.68 Å². The fraction of sp³-hybridized carbons (Fsp3) is 0.250. The first-order valence-electron chi connectivity index (χ1n) is 12.3. The standard InChI is InChI=1S/C28H29BN2O2/c1-26(2)27(3,4)33-29(32-26)25-20-21-31(30-25)28(22-14-8-5-9-15-22,23-16-10-6-11-17-23)24-18-12-7-13-19-24/h5-21H,1-4H3/i20D,21D. The van der Waals surface area contributed by atoms with E-state index in [0.717, 1.165) is 16.7 Å². The van der Waals surface area contributed by atoms with Crippen LogP contribution in [-0.4, -0.2) is 28.1 Å². The summed E-state index contributed by atoms with van der Waals surface area (Å²) in [5.41, 5.74) is 0.993. The van der Waals surface area contributed by atoms with E-state index in [0.29, 0.717) is 5.59 Å². The van der Waals surface area contributed by atoms with E-state index in [2.05, 4.69) is 0 Å². The van der Waals surface area contributed by atoms with Crippen molar-refractivity contribution >= 4 is 12.7 Å². The molecule has 0 N–H and O–H groups in total. The van der Waals surface area contributed by atoms with Crippen LogP contribution in [0.1, 0.15) is 47.1 Å². The van der Waals surface area contributed by atoms with Crippen LogP contribution in [0.2, 0.25) is 0 Å². The molecule has 1 saturated heterocycles. The van der Waals surface area contributed by atoms with Gasteiger partial charge in [-0.15, -0.1) is 0 Å². The molecule has 1 aromatic heterocycles. The molecule has 1 aliphatic heterocycles. The zero-order valence-electron chi connectivity index (χ0n) is 21.4. The van der Waals surface area contributed by atoms with E-state index >= 15 is 0 Å². The molecule has 5 rings (SSSR count). The smallest absolute Gasteiger partial charge is 0.398 e. The molecule has 0 aliphatic carbocycles. The Balaban J connectivity index is 1.81. The first kappa shape index (κ1) is 19.3. The molecule has 1 fully saturated rings. The van der Waals surface area contributed by atoms with Gasteiger partial charge in [0, 0.05) is 6.17 Å². The second kappa shape index (κ2) is 8.01. The van der Waals surface area contributed by atoms with E-state index < -0.39 is 23.9 Å². The summed E-state index contributed by atoms with van der Waals surface area (Å²) in [5.74, 6) is 0. The molecular weight excluding hydrogens is 407 g/mol. The van der Waals surface area contributed by atoms with Crippen molar-refractivity contribution in [1.29, 1.82) is 0 Å². The van der Waals surface area contributed by atoms with Crippen LogP contribution < -0.4 is 5.59 Å². The van der Waals surface area contributed by atoms with Crippen LogP contribution >= 0.6 is 0 Å². The summed E-state index contributed by atoms with van der Waals surface area (Å²) in [6, 6.07) is 30.1. The molecule has 2 heterocycles. The van der Waals surface area contributed by atoms with Crippen molar-refractivity contribution < 1.29 is 12.1 Å². The minimum absolute atomic E-state index is 0.00401. The van der Waals surface area contributed by atoms with Gasteiger partial charge >= 0.3 is 7.12 Å². The van der Waals surface area contributed by atoms with Gasteiger partial charge in [-0.25, -0.2) is 0 Å². The maximum atomic E-state index is 9.08. The third-order valence-corrected chi connectivity index (χ3v) is 6.87. The molecule has 0 amide bonds. The minimum atomic E-state index is -0.974. The SMILES string of the molecule is [2H]c1c(B2OC(C)(C)C(C)(C)O2)nn(C(c2ccccc2)(c2ccccc2)c2ccccc2)c1[2H]. The number of nitrogens with zero attached hydrogens (tertiary/aromatic N) is 2. The highest BCUT2D eigenvalue weighted by Gasteiger charge is 2.53. The fourth-order valence-corrected chi connectivity index (χ4v) is 4.39. The van der Waals surface area contributed by atoms with Crippen LogP contribution in [0.5, 0.6) is 0 Å². The Labute approximate surface area is 199 Å². The van der Waals surface area contributed by atoms with Crippen LogP contribution in [-0.2, 0) is 14.8 Å². The van der Waals surface area contributed by atoms with Crippen molar-refractivity contribution in [2.24, 2.45) is 0 Å². The molecule has 0 atom stereocenters. The van der Waals surface area contributed by atoms with Crippen molar-refractivity contribution in [1.82, 2.24) is 9.78 Å². The topological polar surface area (TPSA) is 36.3 Å². The molecule has 0 saturated carbocycles. The molecule has 0 unspecified atom stereocenters. The summed E-state index contributed by atoms with van der Waals surface area (Å²) in [4.78, 5) is 0. The van der Waals surface area contributed by atoms with E-state index in [1.165, 1.54) is 0 Å². The van der Waals surface area contributed by atoms with Gasteiger partial charge in [0.2, 0.25) is 0 Å². The number of hydrogen-bond donors (Lipinski definition) is 0. The fourth-order valence-electron chi connectivity index (χ4n) is 4.39. The Morgan fingerprint density at radius 2 is 1.12 bits per heavy atom. The van der Waals surface area contributed by atoms with Crippen molar-refractivity contribution in [3.05, 3.63) is 120 Å².